The Morgan fingerprint density at radius 3 is 2.59 bits per heavy atom. The number of carbonyl (C=O) groups excluding carboxylic acids is 2. The predicted molar refractivity (Wildman–Crippen MR) is 113 cm³/mol. The minimum Gasteiger partial charge on any atom is -0.355 e. The molecule has 2 N–H and O–H groups in total. The lowest BCUT2D eigenvalue weighted by atomic mass is 10.0. The monoisotopic (exact) mass is 397 g/mol. The van der Waals surface area contributed by atoms with Gasteiger partial charge in [-0.2, -0.15) is 5.10 Å². The predicted octanol–water partition coefficient (Wildman–Crippen LogP) is 2.21. The first-order chi connectivity index (χ1) is 14.0. The highest BCUT2D eigenvalue weighted by Gasteiger charge is 2.24. The van der Waals surface area contributed by atoms with Gasteiger partial charge in [-0.1, -0.05) is 25.1 Å². The molecule has 2 amide bonds. The van der Waals surface area contributed by atoms with Crippen molar-refractivity contribution < 1.29 is 9.59 Å². The summed E-state index contributed by atoms with van der Waals surface area (Å²) in [5.41, 5.74) is 3.54. The van der Waals surface area contributed by atoms with E-state index < -0.39 is 0 Å². The molecule has 1 aromatic heterocycles. The number of rotatable bonds is 7. The quantitative estimate of drug-likeness (QED) is 0.751. The first-order valence-electron chi connectivity index (χ1n) is 10.4. The van der Waals surface area contributed by atoms with Crippen molar-refractivity contribution in [2.45, 2.75) is 46.1 Å². The van der Waals surface area contributed by atoms with E-state index >= 15 is 0 Å². The number of nitrogens with zero attached hydrogens (tertiary/aromatic N) is 3. The lowest BCUT2D eigenvalue weighted by Gasteiger charge is -2.31. The summed E-state index contributed by atoms with van der Waals surface area (Å²) < 4.78 is 1.82. The van der Waals surface area contributed by atoms with E-state index in [1.807, 2.05) is 49.7 Å². The van der Waals surface area contributed by atoms with Crippen LogP contribution in [0.3, 0.4) is 0 Å². The molecule has 7 nitrogen and oxygen atoms in total. The standard InChI is InChI=1S/C22H31N5O2/c1-4-11-23-21(28)15-26-12-9-18(10-13-26)25-22(29)19-14-24-27(17(19)3)20-8-6-5-7-16(20)2/h5-8,14,18H,4,9-13,15H2,1-3H3,(H,23,28)(H,25,29). The summed E-state index contributed by atoms with van der Waals surface area (Å²) in [4.78, 5) is 26.8. The number of benzene rings is 1. The van der Waals surface area contributed by atoms with E-state index in [1.54, 1.807) is 6.20 Å². The Hall–Kier alpha value is -2.67. The van der Waals surface area contributed by atoms with Gasteiger partial charge in [0.1, 0.15) is 0 Å². The third-order valence-corrected chi connectivity index (χ3v) is 5.46. The molecule has 156 valence electrons. The van der Waals surface area contributed by atoms with Crippen LogP contribution in [0.2, 0.25) is 0 Å². The maximum atomic E-state index is 12.8. The van der Waals surface area contributed by atoms with E-state index in [2.05, 4.69) is 20.6 Å². The van der Waals surface area contributed by atoms with Crippen LogP contribution in [0.1, 0.15) is 47.8 Å². The fourth-order valence-electron chi connectivity index (χ4n) is 3.70. The van der Waals surface area contributed by atoms with Crippen LogP contribution < -0.4 is 10.6 Å². The van der Waals surface area contributed by atoms with Crippen molar-refractivity contribution >= 4 is 11.8 Å². The number of carbonyl (C=O) groups is 2. The van der Waals surface area contributed by atoms with E-state index in [4.69, 9.17) is 0 Å². The van der Waals surface area contributed by atoms with E-state index in [-0.39, 0.29) is 17.9 Å². The minimum absolute atomic E-state index is 0.0774. The number of nitrogens with one attached hydrogen (secondary N) is 2. The largest absolute Gasteiger partial charge is 0.355 e. The van der Waals surface area contributed by atoms with Crippen LogP contribution in [0, 0.1) is 13.8 Å². The van der Waals surface area contributed by atoms with Gasteiger partial charge in [0.15, 0.2) is 0 Å². The summed E-state index contributed by atoms with van der Waals surface area (Å²) in [5, 5.41) is 10.5. The normalized spacial score (nSPS) is 15.3. The average molecular weight is 398 g/mol. The zero-order valence-corrected chi connectivity index (χ0v) is 17.6. The maximum absolute atomic E-state index is 12.8. The fraction of sp³-hybridized carbons (Fsp3) is 0.500. The minimum atomic E-state index is -0.0820. The summed E-state index contributed by atoms with van der Waals surface area (Å²) >= 11 is 0. The van der Waals surface area contributed by atoms with Crippen LogP contribution in [-0.4, -0.2) is 58.7 Å². The smallest absolute Gasteiger partial charge is 0.254 e. The topological polar surface area (TPSA) is 79.3 Å². The molecule has 0 spiro atoms. The van der Waals surface area contributed by atoms with E-state index in [0.29, 0.717) is 12.1 Å². The van der Waals surface area contributed by atoms with Gasteiger partial charge in [0.05, 0.1) is 29.7 Å². The second-order valence-electron chi connectivity index (χ2n) is 7.72. The number of hydrogen-bond acceptors (Lipinski definition) is 4. The summed E-state index contributed by atoms with van der Waals surface area (Å²) in [6.07, 6.45) is 4.28. The second kappa shape index (κ2) is 9.69. The Morgan fingerprint density at radius 2 is 1.90 bits per heavy atom. The van der Waals surface area contributed by atoms with Crippen molar-refractivity contribution in [1.29, 1.82) is 0 Å². The van der Waals surface area contributed by atoms with Crippen molar-refractivity contribution in [1.82, 2.24) is 25.3 Å². The molecule has 1 aliphatic heterocycles. The molecule has 0 bridgehead atoms. The first-order valence-corrected chi connectivity index (χ1v) is 10.4. The lowest BCUT2D eigenvalue weighted by Crippen LogP contribution is -2.47. The third-order valence-electron chi connectivity index (χ3n) is 5.46. The SMILES string of the molecule is CCCNC(=O)CN1CCC(NC(=O)c2cnn(-c3ccccc3C)c2C)CC1. The average Bonchev–Trinajstić information content (AvgIpc) is 3.09. The Bertz CT molecular complexity index is 853. The Kier molecular flexibility index (Phi) is 7.04. The molecule has 1 fully saturated rings. The van der Waals surface area contributed by atoms with Crippen molar-refractivity contribution in [3.8, 4) is 5.69 Å². The van der Waals surface area contributed by atoms with Crippen LogP contribution in [0.4, 0.5) is 0 Å². The lowest BCUT2D eigenvalue weighted by molar-refractivity contribution is -0.122. The number of amides is 2. The zero-order chi connectivity index (χ0) is 20.8. The molecule has 1 saturated heterocycles. The Morgan fingerprint density at radius 1 is 1.17 bits per heavy atom. The summed E-state index contributed by atoms with van der Waals surface area (Å²) in [6, 6.07) is 8.12. The Balaban J connectivity index is 1.54. The molecule has 0 aliphatic carbocycles. The van der Waals surface area contributed by atoms with Gasteiger partial charge in [0.2, 0.25) is 5.91 Å². The number of hydrogen-bond donors (Lipinski definition) is 2. The van der Waals surface area contributed by atoms with E-state index in [9.17, 15) is 9.59 Å². The van der Waals surface area contributed by atoms with E-state index in [1.165, 1.54) is 0 Å². The van der Waals surface area contributed by atoms with Crippen LogP contribution in [0.25, 0.3) is 5.69 Å². The van der Waals surface area contributed by atoms with Gasteiger partial charge in [-0.3, -0.25) is 14.5 Å². The van der Waals surface area contributed by atoms with Gasteiger partial charge < -0.3 is 10.6 Å². The van der Waals surface area contributed by atoms with Crippen molar-refractivity contribution in [2.24, 2.45) is 0 Å². The molecule has 1 aromatic carbocycles. The second-order valence-corrected chi connectivity index (χ2v) is 7.72. The summed E-state index contributed by atoms with van der Waals surface area (Å²) in [6.45, 7) is 8.78. The molecule has 0 atom stereocenters. The van der Waals surface area contributed by atoms with Gasteiger partial charge in [-0.15, -0.1) is 0 Å². The van der Waals surface area contributed by atoms with Crippen LogP contribution in [-0.2, 0) is 4.79 Å². The molecule has 2 aromatic rings. The van der Waals surface area contributed by atoms with Gasteiger partial charge in [-0.25, -0.2) is 4.68 Å². The molecule has 29 heavy (non-hydrogen) atoms. The third kappa shape index (κ3) is 5.23. The van der Waals surface area contributed by atoms with Crippen LogP contribution >= 0.6 is 0 Å². The molecule has 2 heterocycles. The Labute approximate surface area is 172 Å². The highest BCUT2D eigenvalue weighted by Crippen LogP contribution is 2.18. The molecular weight excluding hydrogens is 366 g/mol. The molecule has 1 aliphatic rings. The van der Waals surface area contributed by atoms with Crippen molar-refractivity contribution in [2.75, 3.05) is 26.2 Å². The highest BCUT2D eigenvalue weighted by atomic mass is 16.2. The van der Waals surface area contributed by atoms with Gasteiger partial charge in [0, 0.05) is 25.7 Å². The first kappa shape index (κ1) is 21.0. The van der Waals surface area contributed by atoms with Crippen LogP contribution in [0.5, 0.6) is 0 Å². The number of likely N-dealkylation sites (tertiary alicyclic amines) is 1. The number of piperidine rings is 1. The fourth-order valence-corrected chi connectivity index (χ4v) is 3.70. The van der Waals surface area contributed by atoms with Gasteiger partial charge >= 0.3 is 0 Å². The van der Waals surface area contributed by atoms with Gasteiger partial charge in [0.25, 0.3) is 5.91 Å². The number of aryl methyl sites for hydroxylation is 1. The molecule has 0 unspecified atom stereocenters. The van der Waals surface area contributed by atoms with E-state index in [0.717, 1.165) is 55.8 Å². The molecule has 0 radical (unpaired) electrons. The van der Waals surface area contributed by atoms with Crippen molar-refractivity contribution in [3.05, 3.63) is 47.3 Å². The molecule has 3 rings (SSSR count). The summed E-state index contributed by atoms with van der Waals surface area (Å²) in [7, 11) is 0. The molecule has 7 heteroatoms. The zero-order valence-electron chi connectivity index (χ0n) is 17.6. The maximum Gasteiger partial charge on any atom is 0.254 e. The molecule has 0 saturated carbocycles. The highest BCUT2D eigenvalue weighted by molar-refractivity contribution is 5.95. The number of para-hydroxylation sites is 1. The van der Waals surface area contributed by atoms with Crippen LogP contribution in [0.15, 0.2) is 30.5 Å². The summed E-state index contributed by atoms with van der Waals surface area (Å²) in [5.74, 6) is -0.00458. The molecular formula is C22H31N5O2. The van der Waals surface area contributed by atoms with Gasteiger partial charge in [-0.05, 0) is 44.7 Å². The number of aromatic nitrogens is 2. The van der Waals surface area contributed by atoms with Crippen molar-refractivity contribution in [3.63, 3.8) is 0 Å².